The van der Waals surface area contributed by atoms with Gasteiger partial charge < -0.3 is 4.74 Å². The van der Waals surface area contributed by atoms with Gasteiger partial charge in [0.1, 0.15) is 5.69 Å². The van der Waals surface area contributed by atoms with Crippen LogP contribution >= 0.6 is 22.6 Å². The van der Waals surface area contributed by atoms with Gasteiger partial charge in [0.25, 0.3) is 0 Å². The van der Waals surface area contributed by atoms with Crippen molar-refractivity contribution in [1.82, 2.24) is 9.78 Å². The molecule has 0 aliphatic rings. The van der Waals surface area contributed by atoms with Crippen LogP contribution < -0.4 is 0 Å². The minimum Gasteiger partial charge on any atom is -0.378 e. The predicted octanol–water partition coefficient (Wildman–Crippen LogP) is 2.61. The lowest BCUT2D eigenvalue weighted by atomic mass is 10.3. The maximum Gasteiger partial charge on any atom is 0.101 e. The Kier molecular flexibility index (Phi) is 4.18. The number of halogens is 1. The summed E-state index contributed by atoms with van der Waals surface area (Å²) >= 11 is 2.29. The van der Waals surface area contributed by atoms with Gasteiger partial charge in [0.2, 0.25) is 0 Å². The Labute approximate surface area is 92.6 Å². The fraction of sp³-hybridized carbons (Fsp3) is 0.667. The standard InChI is InChI=1S/C9H15IN2O/c1-4-7(2)12-5-8(10)9(11-12)6-13-3/h5,7H,4,6H2,1-3H3. The molecule has 1 aromatic rings. The van der Waals surface area contributed by atoms with Gasteiger partial charge in [0.05, 0.1) is 10.2 Å². The molecule has 74 valence electrons. The van der Waals surface area contributed by atoms with Crippen molar-refractivity contribution in [2.24, 2.45) is 0 Å². The number of ether oxygens (including phenoxy) is 1. The summed E-state index contributed by atoms with van der Waals surface area (Å²) in [4.78, 5) is 0. The van der Waals surface area contributed by atoms with Crippen LogP contribution in [0.3, 0.4) is 0 Å². The van der Waals surface area contributed by atoms with Crippen LogP contribution in [0.25, 0.3) is 0 Å². The van der Waals surface area contributed by atoms with Crippen molar-refractivity contribution in [3.63, 3.8) is 0 Å². The van der Waals surface area contributed by atoms with E-state index in [4.69, 9.17) is 4.74 Å². The minimum atomic E-state index is 0.471. The third-order valence-electron chi connectivity index (χ3n) is 2.08. The molecule has 0 saturated carbocycles. The van der Waals surface area contributed by atoms with Crippen LogP contribution in [0.4, 0.5) is 0 Å². The summed E-state index contributed by atoms with van der Waals surface area (Å²) in [5, 5.41) is 4.45. The maximum absolute atomic E-state index is 5.05. The molecule has 0 amide bonds. The Morgan fingerprint density at radius 2 is 2.38 bits per heavy atom. The summed E-state index contributed by atoms with van der Waals surface area (Å²) in [5.74, 6) is 0. The lowest BCUT2D eigenvalue weighted by Gasteiger charge is -2.07. The number of nitrogens with zero attached hydrogens (tertiary/aromatic N) is 2. The zero-order chi connectivity index (χ0) is 9.84. The molecule has 13 heavy (non-hydrogen) atoms. The van der Waals surface area contributed by atoms with E-state index in [1.54, 1.807) is 7.11 Å². The first-order chi connectivity index (χ1) is 6.19. The SMILES string of the molecule is CCC(C)n1cc(I)c(COC)n1. The van der Waals surface area contributed by atoms with E-state index in [2.05, 4.69) is 47.7 Å². The highest BCUT2D eigenvalue weighted by molar-refractivity contribution is 14.1. The average Bonchev–Trinajstić information content (AvgIpc) is 2.47. The van der Waals surface area contributed by atoms with Gasteiger partial charge in [-0.05, 0) is 35.9 Å². The summed E-state index contributed by atoms with van der Waals surface area (Å²) in [6.45, 7) is 4.93. The largest absolute Gasteiger partial charge is 0.378 e. The van der Waals surface area contributed by atoms with Crippen LogP contribution in [0.15, 0.2) is 6.20 Å². The Morgan fingerprint density at radius 1 is 1.69 bits per heavy atom. The molecule has 0 spiro atoms. The van der Waals surface area contributed by atoms with Crippen molar-refractivity contribution < 1.29 is 4.74 Å². The van der Waals surface area contributed by atoms with Crippen LogP contribution in [0, 0.1) is 3.57 Å². The van der Waals surface area contributed by atoms with E-state index in [9.17, 15) is 0 Å². The quantitative estimate of drug-likeness (QED) is 0.798. The van der Waals surface area contributed by atoms with Gasteiger partial charge >= 0.3 is 0 Å². The monoisotopic (exact) mass is 294 g/mol. The van der Waals surface area contributed by atoms with E-state index in [1.807, 2.05) is 4.68 Å². The van der Waals surface area contributed by atoms with Crippen LogP contribution in [-0.2, 0) is 11.3 Å². The molecule has 3 nitrogen and oxygen atoms in total. The van der Waals surface area contributed by atoms with E-state index >= 15 is 0 Å². The van der Waals surface area contributed by atoms with Gasteiger partial charge in [-0.1, -0.05) is 6.92 Å². The van der Waals surface area contributed by atoms with E-state index in [-0.39, 0.29) is 0 Å². The second-order valence-electron chi connectivity index (χ2n) is 3.09. The van der Waals surface area contributed by atoms with Gasteiger partial charge in [-0.15, -0.1) is 0 Å². The topological polar surface area (TPSA) is 27.1 Å². The molecular formula is C9H15IN2O. The van der Waals surface area contributed by atoms with Crippen molar-refractivity contribution in [2.75, 3.05) is 7.11 Å². The number of hydrogen-bond acceptors (Lipinski definition) is 2. The van der Waals surface area contributed by atoms with Gasteiger partial charge in [0.15, 0.2) is 0 Å². The van der Waals surface area contributed by atoms with E-state index in [0.29, 0.717) is 12.6 Å². The molecule has 4 heteroatoms. The van der Waals surface area contributed by atoms with Crippen LogP contribution in [0.2, 0.25) is 0 Å². The van der Waals surface area contributed by atoms with Gasteiger partial charge in [-0.2, -0.15) is 5.10 Å². The molecule has 0 fully saturated rings. The van der Waals surface area contributed by atoms with Gasteiger partial charge in [0, 0.05) is 19.3 Å². The maximum atomic E-state index is 5.05. The predicted molar refractivity (Wildman–Crippen MR) is 60.7 cm³/mol. The zero-order valence-electron chi connectivity index (χ0n) is 8.25. The molecule has 0 aromatic carbocycles. The Bertz CT molecular complexity index is 273. The van der Waals surface area contributed by atoms with Crippen molar-refractivity contribution in [2.45, 2.75) is 32.9 Å². The van der Waals surface area contributed by atoms with Crippen LogP contribution in [0.5, 0.6) is 0 Å². The normalized spacial score (nSPS) is 13.2. The van der Waals surface area contributed by atoms with Crippen molar-refractivity contribution >= 4 is 22.6 Å². The first kappa shape index (κ1) is 11.0. The summed E-state index contributed by atoms with van der Waals surface area (Å²) in [5.41, 5.74) is 1.03. The van der Waals surface area contributed by atoms with Crippen molar-refractivity contribution in [1.29, 1.82) is 0 Å². The Balaban J connectivity index is 2.81. The summed E-state index contributed by atoms with van der Waals surface area (Å²) in [6.07, 6.45) is 3.17. The highest BCUT2D eigenvalue weighted by atomic mass is 127. The number of rotatable bonds is 4. The Hall–Kier alpha value is -0.100. The molecule has 1 rings (SSSR count). The molecule has 0 bridgehead atoms. The third kappa shape index (κ3) is 2.67. The fourth-order valence-electron chi connectivity index (χ4n) is 1.05. The molecular weight excluding hydrogens is 279 g/mol. The van der Waals surface area contributed by atoms with Gasteiger partial charge in [-0.3, -0.25) is 4.68 Å². The van der Waals surface area contributed by atoms with E-state index < -0.39 is 0 Å². The van der Waals surface area contributed by atoms with Crippen LogP contribution in [-0.4, -0.2) is 16.9 Å². The number of hydrogen-bond donors (Lipinski definition) is 0. The molecule has 1 aromatic heterocycles. The van der Waals surface area contributed by atoms with Crippen molar-refractivity contribution in [3.8, 4) is 0 Å². The van der Waals surface area contributed by atoms with Gasteiger partial charge in [-0.25, -0.2) is 0 Å². The number of methoxy groups -OCH3 is 1. The molecule has 1 atom stereocenters. The van der Waals surface area contributed by atoms with Crippen molar-refractivity contribution in [3.05, 3.63) is 15.5 Å². The molecule has 0 aliphatic heterocycles. The second-order valence-corrected chi connectivity index (χ2v) is 4.26. The minimum absolute atomic E-state index is 0.471. The lowest BCUT2D eigenvalue weighted by Crippen LogP contribution is -2.04. The fourth-order valence-corrected chi connectivity index (χ4v) is 1.60. The molecule has 0 aliphatic carbocycles. The smallest absolute Gasteiger partial charge is 0.101 e. The first-order valence-corrected chi connectivity index (χ1v) is 5.49. The van der Waals surface area contributed by atoms with Crippen LogP contribution in [0.1, 0.15) is 32.0 Å². The molecule has 0 N–H and O–H groups in total. The van der Waals surface area contributed by atoms with E-state index in [1.165, 1.54) is 3.57 Å². The zero-order valence-corrected chi connectivity index (χ0v) is 10.4. The second kappa shape index (κ2) is 4.95. The molecule has 0 saturated heterocycles. The highest BCUT2D eigenvalue weighted by Crippen LogP contribution is 2.16. The average molecular weight is 294 g/mol. The first-order valence-electron chi connectivity index (χ1n) is 4.41. The molecule has 1 unspecified atom stereocenters. The highest BCUT2D eigenvalue weighted by Gasteiger charge is 2.08. The lowest BCUT2D eigenvalue weighted by molar-refractivity contribution is 0.180. The number of aromatic nitrogens is 2. The Morgan fingerprint density at radius 3 is 2.92 bits per heavy atom. The van der Waals surface area contributed by atoms with E-state index in [0.717, 1.165) is 12.1 Å². The summed E-state index contributed by atoms with van der Waals surface area (Å²) < 4.78 is 8.25. The molecule has 0 radical (unpaired) electrons. The molecule has 1 heterocycles. The summed E-state index contributed by atoms with van der Waals surface area (Å²) in [7, 11) is 1.69. The third-order valence-corrected chi connectivity index (χ3v) is 2.98. The summed E-state index contributed by atoms with van der Waals surface area (Å²) in [6, 6.07) is 0.471.